The maximum atomic E-state index is 12.5. The molecule has 4 nitrogen and oxygen atoms in total. The maximum Gasteiger partial charge on any atom is 0.252 e. The Morgan fingerprint density at radius 3 is 2.08 bits per heavy atom. The Bertz CT molecular complexity index is 758. The number of aryl methyl sites for hydroxylation is 1. The Hall–Kier alpha value is -2.36. The van der Waals surface area contributed by atoms with Gasteiger partial charge in [0.05, 0.1) is 6.04 Å². The lowest BCUT2D eigenvalue weighted by molar-refractivity contribution is 0.0925. The van der Waals surface area contributed by atoms with Crippen LogP contribution in [0.2, 0.25) is 0 Å². The lowest BCUT2D eigenvalue weighted by Crippen LogP contribution is -2.32. The average molecular weight is 326 g/mol. The molecule has 1 amide bonds. The van der Waals surface area contributed by atoms with Gasteiger partial charge in [-0.25, -0.2) is 0 Å². The van der Waals surface area contributed by atoms with Crippen LogP contribution in [0.3, 0.4) is 0 Å². The molecule has 0 aliphatic heterocycles. The van der Waals surface area contributed by atoms with E-state index in [1.807, 2.05) is 0 Å². The minimum atomic E-state index is -0.223. The fourth-order valence-electron chi connectivity index (χ4n) is 2.64. The molecule has 1 N–H and O–H groups in total. The Morgan fingerprint density at radius 1 is 1.00 bits per heavy atom. The number of amides is 1. The summed E-state index contributed by atoms with van der Waals surface area (Å²) < 4.78 is 1.45. The lowest BCUT2D eigenvalue weighted by atomic mass is 9.93. The molecule has 0 saturated carbocycles. The molecule has 0 aliphatic rings. The van der Waals surface area contributed by atoms with Gasteiger partial charge in [-0.2, -0.15) is 0 Å². The summed E-state index contributed by atoms with van der Waals surface area (Å²) in [4.78, 5) is 24.2. The highest BCUT2D eigenvalue weighted by atomic mass is 16.2. The van der Waals surface area contributed by atoms with E-state index in [2.05, 4.69) is 57.3 Å². The Kier molecular flexibility index (Phi) is 5.60. The van der Waals surface area contributed by atoms with E-state index in [9.17, 15) is 9.59 Å². The first kappa shape index (κ1) is 18.0. The SMILES string of the molecule is CC(C)c1ccc(C(NC(=O)c2ccn(C)c(=O)c2)C(C)C)cc1. The molecule has 24 heavy (non-hydrogen) atoms. The molecular formula is C20H26N2O2. The second-order valence-electron chi connectivity index (χ2n) is 6.88. The number of carbonyl (C=O) groups excluding carboxylic acids is 1. The van der Waals surface area contributed by atoms with Crippen molar-refractivity contribution in [3.8, 4) is 0 Å². The number of nitrogens with zero attached hydrogens (tertiary/aromatic N) is 1. The summed E-state index contributed by atoms with van der Waals surface area (Å²) in [6, 6.07) is 11.3. The first-order valence-electron chi connectivity index (χ1n) is 8.37. The molecule has 1 aromatic carbocycles. The molecule has 4 heteroatoms. The first-order valence-corrected chi connectivity index (χ1v) is 8.37. The van der Waals surface area contributed by atoms with Crippen LogP contribution < -0.4 is 10.9 Å². The van der Waals surface area contributed by atoms with Crippen molar-refractivity contribution in [2.75, 3.05) is 0 Å². The highest BCUT2D eigenvalue weighted by Crippen LogP contribution is 2.24. The number of carbonyl (C=O) groups is 1. The van der Waals surface area contributed by atoms with Crippen LogP contribution in [0, 0.1) is 5.92 Å². The summed E-state index contributed by atoms with van der Waals surface area (Å²) in [5.41, 5.74) is 2.55. The predicted octanol–water partition coefficient (Wildman–Crippen LogP) is 3.64. The van der Waals surface area contributed by atoms with E-state index in [-0.39, 0.29) is 23.4 Å². The van der Waals surface area contributed by atoms with Gasteiger partial charge < -0.3 is 9.88 Å². The smallest absolute Gasteiger partial charge is 0.252 e. The van der Waals surface area contributed by atoms with Crippen LogP contribution in [-0.4, -0.2) is 10.5 Å². The van der Waals surface area contributed by atoms with E-state index in [0.29, 0.717) is 11.5 Å². The number of benzene rings is 1. The van der Waals surface area contributed by atoms with Gasteiger partial charge in [0.2, 0.25) is 0 Å². The molecule has 1 aromatic heterocycles. The van der Waals surface area contributed by atoms with Crippen molar-refractivity contribution in [1.82, 2.24) is 9.88 Å². The van der Waals surface area contributed by atoms with Crippen molar-refractivity contribution in [2.24, 2.45) is 13.0 Å². The van der Waals surface area contributed by atoms with Gasteiger partial charge in [-0.1, -0.05) is 52.0 Å². The van der Waals surface area contributed by atoms with Crippen LogP contribution in [0.4, 0.5) is 0 Å². The summed E-state index contributed by atoms with van der Waals surface area (Å²) in [5.74, 6) is 0.497. The van der Waals surface area contributed by atoms with Crippen LogP contribution >= 0.6 is 0 Å². The lowest BCUT2D eigenvalue weighted by Gasteiger charge is -2.23. The van der Waals surface area contributed by atoms with Gasteiger partial charge in [0.15, 0.2) is 0 Å². The van der Waals surface area contributed by atoms with Crippen LogP contribution in [0.15, 0.2) is 47.4 Å². The van der Waals surface area contributed by atoms with Gasteiger partial charge in [0.1, 0.15) is 0 Å². The third-order valence-electron chi connectivity index (χ3n) is 4.28. The molecule has 1 atom stereocenters. The molecule has 128 valence electrons. The Balaban J connectivity index is 2.23. The van der Waals surface area contributed by atoms with E-state index < -0.39 is 0 Å². The van der Waals surface area contributed by atoms with Gasteiger partial charge in [-0.05, 0) is 29.0 Å². The Morgan fingerprint density at radius 2 is 1.58 bits per heavy atom. The minimum absolute atomic E-state index is 0.0947. The summed E-state index contributed by atoms with van der Waals surface area (Å²) >= 11 is 0. The summed E-state index contributed by atoms with van der Waals surface area (Å²) in [5, 5.41) is 3.06. The highest BCUT2D eigenvalue weighted by molar-refractivity contribution is 5.94. The van der Waals surface area contributed by atoms with E-state index in [0.717, 1.165) is 5.56 Å². The number of hydrogen-bond acceptors (Lipinski definition) is 2. The second-order valence-corrected chi connectivity index (χ2v) is 6.88. The monoisotopic (exact) mass is 326 g/mol. The average Bonchev–Trinajstić information content (AvgIpc) is 2.54. The Labute approximate surface area is 143 Å². The van der Waals surface area contributed by atoms with E-state index in [1.54, 1.807) is 19.3 Å². The van der Waals surface area contributed by atoms with Crippen molar-refractivity contribution in [2.45, 2.75) is 39.7 Å². The zero-order chi connectivity index (χ0) is 17.9. The fraction of sp³-hybridized carbons (Fsp3) is 0.400. The quantitative estimate of drug-likeness (QED) is 0.912. The number of pyridine rings is 1. The van der Waals surface area contributed by atoms with Crippen LogP contribution in [0.25, 0.3) is 0 Å². The summed E-state index contributed by atoms with van der Waals surface area (Å²) in [7, 11) is 1.66. The molecule has 0 bridgehead atoms. The van der Waals surface area contributed by atoms with E-state index in [1.165, 1.54) is 16.2 Å². The van der Waals surface area contributed by atoms with Gasteiger partial charge in [0, 0.05) is 24.9 Å². The van der Waals surface area contributed by atoms with Crippen molar-refractivity contribution in [1.29, 1.82) is 0 Å². The molecule has 0 saturated heterocycles. The standard InChI is InChI=1S/C20H26N2O2/c1-13(2)15-6-8-16(9-7-15)19(14(3)4)21-20(24)17-10-11-22(5)18(23)12-17/h6-14,19H,1-5H3,(H,21,24). The molecule has 0 radical (unpaired) electrons. The van der Waals surface area contributed by atoms with Gasteiger partial charge in [0.25, 0.3) is 11.5 Å². The summed E-state index contributed by atoms with van der Waals surface area (Å²) in [6.45, 7) is 8.47. The van der Waals surface area contributed by atoms with E-state index >= 15 is 0 Å². The zero-order valence-corrected chi connectivity index (χ0v) is 15.0. The second kappa shape index (κ2) is 7.47. The third-order valence-corrected chi connectivity index (χ3v) is 4.28. The van der Waals surface area contributed by atoms with Gasteiger partial charge >= 0.3 is 0 Å². The molecular weight excluding hydrogens is 300 g/mol. The normalized spacial score (nSPS) is 12.5. The van der Waals surface area contributed by atoms with Crippen LogP contribution in [-0.2, 0) is 7.05 Å². The van der Waals surface area contributed by atoms with Crippen molar-refractivity contribution >= 4 is 5.91 Å². The fourth-order valence-corrected chi connectivity index (χ4v) is 2.64. The van der Waals surface area contributed by atoms with Gasteiger partial charge in [-0.15, -0.1) is 0 Å². The minimum Gasteiger partial charge on any atom is -0.345 e. The molecule has 1 heterocycles. The first-order chi connectivity index (χ1) is 11.3. The molecule has 0 fully saturated rings. The van der Waals surface area contributed by atoms with Crippen molar-refractivity contribution in [3.63, 3.8) is 0 Å². The van der Waals surface area contributed by atoms with Crippen LogP contribution in [0.5, 0.6) is 0 Å². The predicted molar refractivity (Wildman–Crippen MR) is 97.3 cm³/mol. The largest absolute Gasteiger partial charge is 0.345 e. The number of hydrogen-bond donors (Lipinski definition) is 1. The van der Waals surface area contributed by atoms with Gasteiger partial charge in [-0.3, -0.25) is 9.59 Å². The topological polar surface area (TPSA) is 51.1 Å². The number of rotatable bonds is 5. The third kappa shape index (κ3) is 4.13. The summed E-state index contributed by atoms with van der Waals surface area (Å²) in [6.07, 6.45) is 1.61. The molecule has 0 spiro atoms. The number of nitrogens with one attached hydrogen (secondary N) is 1. The maximum absolute atomic E-state index is 12.5. The molecule has 2 aromatic rings. The van der Waals surface area contributed by atoms with E-state index in [4.69, 9.17) is 0 Å². The molecule has 1 unspecified atom stereocenters. The number of aromatic nitrogens is 1. The molecule has 0 aliphatic carbocycles. The van der Waals surface area contributed by atoms with Crippen molar-refractivity contribution in [3.05, 3.63) is 69.6 Å². The zero-order valence-electron chi connectivity index (χ0n) is 15.0. The molecule has 2 rings (SSSR count). The highest BCUT2D eigenvalue weighted by Gasteiger charge is 2.19. The van der Waals surface area contributed by atoms with Crippen LogP contribution in [0.1, 0.15) is 61.1 Å². The van der Waals surface area contributed by atoms with Crippen molar-refractivity contribution < 1.29 is 4.79 Å².